The molecule has 3 amide bonds. The molecule has 0 spiro atoms. The molecule has 0 saturated heterocycles. The van der Waals surface area contributed by atoms with Crippen molar-refractivity contribution in [1.29, 1.82) is 0 Å². The first kappa shape index (κ1) is 26.8. The molecule has 2 aliphatic carbocycles. The van der Waals surface area contributed by atoms with Crippen molar-refractivity contribution in [2.75, 3.05) is 19.6 Å². The fraction of sp³-hybridized carbons (Fsp3) is 0.889. The van der Waals surface area contributed by atoms with Gasteiger partial charge in [0.1, 0.15) is 5.54 Å². The summed E-state index contributed by atoms with van der Waals surface area (Å²) in [7, 11) is 0. The lowest BCUT2D eigenvalue weighted by Gasteiger charge is -2.34. The number of nitrogens with zero attached hydrogens (tertiary/aromatic N) is 2. The second kappa shape index (κ2) is 13.3. The number of aliphatic imine (C=N–C) groups is 1. The van der Waals surface area contributed by atoms with Crippen molar-refractivity contribution in [2.45, 2.75) is 116 Å². The van der Waals surface area contributed by atoms with E-state index in [0.29, 0.717) is 30.3 Å². The molecule has 34 heavy (non-hydrogen) atoms. The van der Waals surface area contributed by atoms with E-state index in [9.17, 15) is 9.59 Å². The van der Waals surface area contributed by atoms with Crippen molar-refractivity contribution in [3.05, 3.63) is 0 Å². The van der Waals surface area contributed by atoms with E-state index in [-0.39, 0.29) is 11.9 Å². The van der Waals surface area contributed by atoms with Gasteiger partial charge in [0, 0.05) is 19.6 Å². The maximum atomic E-state index is 13.7. The Morgan fingerprint density at radius 1 is 0.971 bits per heavy atom. The van der Waals surface area contributed by atoms with E-state index in [0.717, 1.165) is 77.3 Å². The molecule has 7 heteroatoms. The van der Waals surface area contributed by atoms with Gasteiger partial charge in [-0.25, -0.2) is 9.79 Å². The van der Waals surface area contributed by atoms with Gasteiger partial charge in [-0.15, -0.1) is 0 Å². The Morgan fingerprint density at radius 2 is 1.65 bits per heavy atom. The first-order valence-electron chi connectivity index (χ1n) is 14.2. The average molecular weight is 476 g/mol. The number of rotatable bonds is 12. The Bertz CT molecular complexity index is 683. The number of urea groups is 1. The highest BCUT2D eigenvalue weighted by Crippen LogP contribution is 2.39. The quantitative estimate of drug-likeness (QED) is 0.348. The molecule has 2 fully saturated rings. The van der Waals surface area contributed by atoms with Crippen molar-refractivity contribution in [3.8, 4) is 0 Å². The highest BCUT2D eigenvalue weighted by atomic mass is 16.2. The maximum absolute atomic E-state index is 13.7. The zero-order chi connectivity index (χ0) is 24.4. The van der Waals surface area contributed by atoms with Gasteiger partial charge in [-0.2, -0.15) is 0 Å². The molecule has 0 aromatic carbocycles. The number of nitrogens with two attached hydrogens (primary N) is 1. The van der Waals surface area contributed by atoms with Crippen molar-refractivity contribution in [1.82, 2.24) is 15.5 Å². The van der Waals surface area contributed by atoms with Crippen LogP contribution in [0.15, 0.2) is 4.99 Å². The van der Waals surface area contributed by atoms with E-state index in [1.54, 1.807) is 0 Å². The molecule has 194 valence electrons. The minimum Gasteiger partial charge on any atom is -0.369 e. The first-order chi connectivity index (χ1) is 16.5. The van der Waals surface area contributed by atoms with Gasteiger partial charge in [0.15, 0.2) is 5.96 Å². The Balaban J connectivity index is 1.48. The molecule has 0 bridgehead atoms. The molecule has 3 rings (SSSR count). The van der Waals surface area contributed by atoms with Crippen LogP contribution in [0.5, 0.6) is 0 Å². The lowest BCUT2D eigenvalue weighted by atomic mass is 9.77. The van der Waals surface area contributed by atoms with E-state index < -0.39 is 5.54 Å². The molecule has 1 aliphatic heterocycles. The minimum atomic E-state index is -0.617. The maximum Gasteiger partial charge on any atom is 0.314 e. The third-order valence-electron chi connectivity index (χ3n) is 8.32. The van der Waals surface area contributed by atoms with Crippen LogP contribution in [-0.4, -0.2) is 48.0 Å². The van der Waals surface area contributed by atoms with Gasteiger partial charge in [0.2, 0.25) is 0 Å². The average Bonchev–Trinajstić information content (AvgIpc) is 3.07. The predicted molar refractivity (Wildman–Crippen MR) is 139 cm³/mol. The molecule has 1 atom stereocenters. The van der Waals surface area contributed by atoms with Gasteiger partial charge < -0.3 is 16.4 Å². The molecule has 2 saturated carbocycles. The van der Waals surface area contributed by atoms with Gasteiger partial charge in [-0.1, -0.05) is 65.2 Å². The number of unbranched alkanes of at least 4 members (excludes halogenated alkanes) is 2. The Morgan fingerprint density at radius 3 is 2.32 bits per heavy atom. The van der Waals surface area contributed by atoms with E-state index in [1.807, 2.05) is 4.90 Å². The van der Waals surface area contributed by atoms with Crippen LogP contribution in [0.1, 0.15) is 110 Å². The zero-order valence-electron chi connectivity index (χ0n) is 21.7. The van der Waals surface area contributed by atoms with Crippen LogP contribution in [0.2, 0.25) is 0 Å². The monoisotopic (exact) mass is 475 g/mol. The Labute approximate surface area is 207 Å². The molecule has 4 N–H and O–H groups in total. The molecule has 7 nitrogen and oxygen atoms in total. The summed E-state index contributed by atoms with van der Waals surface area (Å²) >= 11 is 0. The smallest absolute Gasteiger partial charge is 0.314 e. The molecule has 0 aromatic rings. The lowest BCUT2D eigenvalue weighted by molar-refractivity contribution is -0.132. The highest BCUT2D eigenvalue weighted by molar-refractivity contribution is 6.06. The molecule has 1 heterocycles. The Hall–Kier alpha value is -1.79. The first-order valence-corrected chi connectivity index (χ1v) is 14.2. The minimum absolute atomic E-state index is 0.0522. The molecular formula is C27H49N5O2. The summed E-state index contributed by atoms with van der Waals surface area (Å²) in [5.41, 5.74) is 5.78. The van der Waals surface area contributed by atoms with E-state index in [4.69, 9.17) is 10.7 Å². The van der Waals surface area contributed by atoms with Crippen LogP contribution in [0, 0.1) is 17.8 Å². The van der Waals surface area contributed by atoms with E-state index >= 15 is 0 Å². The largest absolute Gasteiger partial charge is 0.369 e. The SMILES string of the molecule is CCCCNC(=O)NCC1CCC(CN2C(=O)C(CCCC)(CC3CCCCC3)N=C2N)CC1. The fourth-order valence-electron chi connectivity index (χ4n) is 6.15. The number of carbonyl (C=O) groups excluding carboxylic acids is 2. The summed E-state index contributed by atoms with van der Waals surface area (Å²) in [5, 5.41) is 5.95. The van der Waals surface area contributed by atoms with Gasteiger partial charge in [0.05, 0.1) is 0 Å². The summed E-state index contributed by atoms with van der Waals surface area (Å²) in [5.74, 6) is 2.20. The van der Waals surface area contributed by atoms with Crippen LogP contribution in [0.25, 0.3) is 0 Å². The standard InChI is InChI=1S/C27H49N5O2/c1-3-5-16-27(18-21-10-8-7-9-11-21)24(33)32(25(28)31-27)20-23-14-12-22(13-15-23)19-30-26(34)29-17-6-4-2/h21-23H,3-20H2,1-2H3,(H2,28,31)(H2,29,30,34). The molecule has 0 aromatic heterocycles. The third-order valence-corrected chi connectivity index (χ3v) is 8.32. The molecule has 0 radical (unpaired) electrons. The Kier molecular flexibility index (Phi) is 10.5. The van der Waals surface area contributed by atoms with Gasteiger partial charge in [-0.05, 0) is 62.7 Å². The normalized spacial score (nSPS) is 28.1. The summed E-state index contributed by atoms with van der Waals surface area (Å²) in [6.07, 6.45) is 16.6. The van der Waals surface area contributed by atoms with Crippen LogP contribution < -0.4 is 16.4 Å². The van der Waals surface area contributed by atoms with Crippen LogP contribution >= 0.6 is 0 Å². The number of carbonyl (C=O) groups is 2. The van der Waals surface area contributed by atoms with E-state index in [2.05, 4.69) is 24.5 Å². The topological polar surface area (TPSA) is 99.8 Å². The number of hydrogen-bond donors (Lipinski definition) is 3. The number of nitrogens with one attached hydrogen (secondary N) is 2. The number of amides is 3. The summed E-state index contributed by atoms with van der Waals surface area (Å²) < 4.78 is 0. The zero-order valence-corrected chi connectivity index (χ0v) is 21.7. The summed E-state index contributed by atoms with van der Waals surface area (Å²) in [6, 6.07) is -0.0522. The highest BCUT2D eigenvalue weighted by Gasteiger charge is 2.48. The van der Waals surface area contributed by atoms with Crippen molar-refractivity contribution in [3.63, 3.8) is 0 Å². The van der Waals surface area contributed by atoms with E-state index in [1.165, 1.54) is 32.1 Å². The third kappa shape index (κ3) is 7.35. The number of hydrogen-bond acceptors (Lipinski definition) is 4. The number of guanidine groups is 1. The molecule has 1 unspecified atom stereocenters. The molecular weight excluding hydrogens is 426 g/mol. The van der Waals surface area contributed by atoms with Gasteiger partial charge in [0.25, 0.3) is 5.91 Å². The van der Waals surface area contributed by atoms with Gasteiger partial charge in [-0.3, -0.25) is 9.69 Å². The lowest BCUT2D eigenvalue weighted by Crippen LogP contribution is -2.47. The van der Waals surface area contributed by atoms with Crippen LogP contribution in [0.3, 0.4) is 0 Å². The van der Waals surface area contributed by atoms with Crippen molar-refractivity contribution in [2.24, 2.45) is 28.5 Å². The molecule has 3 aliphatic rings. The summed E-state index contributed by atoms with van der Waals surface area (Å²) in [4.78, 5) is 32.3. The fourth-order valence-corrected chi connectivity index (χ4v) is 6.15. The van der Waals surface area contributed by atoms with Crippen molar-refractivity contribution >= 4 is 17.9 Å². The van der Waals surface area contributed by atoms with Gasteiger partial charge >= 0.3 is 6.03 Å². The second-order valence-corrected chi connectivity index (χ2v) is 11.1. The summed E-state index contributed by atoms with van der Waals surface area (Å²) in [6.45, 7) is 6.47. The van der Waals surface area contributed by atoms with Crippen molar-refractivity contribution < 1.29 is 9.59 Å². The van der Waals surface area contributed by atoms with Crippen LogP contribution in [-0.2, 0) is 4.79 Å². The second-order valence-electron chi connectivity index (χ2n) is 11.1. The predicted octanol–water partition coefficient (Wildman–Crippen LogP) is 4.95. The van der Waals surface area contributed by atoms with Crippen LogP contribution in [0.4, 0.5) is 4.79 Å².